The van der Waals surface area contributed by atoms with Gasteiger partial charge in [-0.15, -0.1) is 0 Å². The van der Waals surface area contributed by atoms with E-state index in [1.54, 1.807) is 0 Å². The Morgan fingerprint density at radius 2 is 1.15 bits per heavy atom. The van der Waals surface area contributed by atoms with Crippen LogP contribution >= 0.6 is 0 Å². The summed E-state index contributed by atoms with van der Waals surface area (Å²) in [6.07, 6.45) is -2.93. The van der Waals surface area contributed by atoms with Crippen molar-refractivity contribution in [2.24, 2.45) is 11.3 Å². The Labute approximate surface area is 347 Å². The Kier molecular flexibility index (Phi) is 15.3. The van der Waals surface area contributed by atoms with E-state index in [4.69, 9.17) is 47.4 Å². The van der Waals surface area contributed by atoms with Crippen molar-refractivity contribution in [3.8, 4) is 0 Å². The van der Waals surface area contributed by atoms with Crippen molar-refractivity contribution >= 4 is 5.97 Å². The number of carbonyl (C=O) groups excluding carboxylic acids is 1. The molecule has 4 aromatic carbocycles. The first-order chi connectivity index (χ1) is 28.8. The number of carbonyl (C=O) groups is 1. The normalized spacial score (nSPS) is 25.7. The fourth-order valence-electron chi connectivity index (χ4n) is 7.41. The van der Waals surface area contributed by atoms with Gasteiger partial charge in [0, 0.05) is 24.2 Å². The summed E-state index contributed by atoms with van der Waals surface area (Å²) in [5.74, 6) is -0.831. The van der Waals surface area contributed by atoms with Crippen molar-refractivity contribution in [1.82, 2.24) is 0 Å². The number of hydrogen-bond acceptors (Lipinski definition) is 11. The van der Waals surface area contributed by atoms with E-state index in [0.29, 0.717) is 44.8 Å². The maximum atomic E-state index is 13.0. The minimum absolute atomic E-state index is 0.102. The summed E-state index contributed by atoms with van der Waals surface area (Å²) in [5.41, 5.74) is 4.28. The molecule has 0 radical (unpaired) electrons. The Morgan fingerprint density at radius 1 is 0.661 bits per heavy atom. The molecule has 2 saturated heterocycles. The maximum Gasteiger partial charge on any atom is 0.337 e. The van der Waals surface area contributed by atoms with Gasteiger partial charge in [-0.3, -0.25) is 0 Å². The molecule has 0 aromatic heterocycles. The van der Waals surface area contributed by atoms with E-state index in [-0.39, 0.29) is 31.2 Å². The molecular weight excluding hydrogens is 753 g/mol. The molecule has 11 heteroatoms. The molecule has 0 amide bonds. The van der Waals surface area contributed by atoms with Crippen molar-refractivity contribution < 1.29 is 52.2 Å². The Morgan fingerprint density at radius 3 is 1.68 bits per heavy atom. The largest absolute Gasteiger partial charge is 0.472 e. The summed E-state index contributed by atoms with van der Waals surface area (Å²) in [5, 5.41) is 0. The molecule has 3 aliphatic heterocycles. The van der Waals surface area contributed by atoms with Crippen LogP contribution in [0.2, 0.25) is 0 Å². The van der Waals surface area contributed by atoms with Crippen LogP contribution in [0.5, 0.6) is 0 Å². The molecular formula is C48H56O11. The number of benzene rings is 4. The highest BCUT2D eigenvalue weighted by molar-refractivity contribution is 5.88. The van der Waals surface area contributed by atoms with E-state index >= 15 is 0 Å². The van der Waals surface area contributed by atoms with Crippen LogP contribution in [0.1, 0.15) is 48.9 Å². The van der Waals surface area contributed by atoms with Crippen molar-refractivity contribution in [3.05, 3.63) is 155 Å². The first kappa shape index (κ1) is 42.7. The second-order valence-electron chi connectivity index (χ2n) is 16.0. The van der Waals surface area contributed by atoms with Gasteiger partial charge in [-0.25, -0.2) is 4.79 Å². The summed E-state index contributed by atoms with van der Waals surface area (Å²) < 4.78 is 64.0. The molecule has 3 unspecified atom stereocenters. The zero-order valence-corrected chi connectivity index (χ0v) is 34.1. The molecule has 314 valence electrons. The molecule has 7 rings (SSSR count). The molecule has 7 atom stereocenters. The summed E-state index contributed by atoms with van der Waals surface area (Å²) in [6.45, 7) is 6.68. The first-order valence-corrected chi connectivity index (χ1v) is 20.4. The summed E-state index contributed by atoms with van der Waals surface area (Å²) in [6, 6.07) is 39.9. The van der Waals surface area contributed by atoms with Gasteiger partial charge in [0.25, 0.3) is 0 Å². The lowest BCUT2D eigenvalue weighted by Gasteiger charge is -2.46. The standard InChI is InChI=1S/C48H56O11/c1-48(2)32-56-41(57-33-48)24-38-25-42(52-30-39(38)46(49)50-3)59-47-45(55-29-37-22-14-7-15-23-37)44(54-28-36-20-12-6-13-21-36)43(53-27-35-18-10-5-11-19-35)40(58-47)31-51-26-34-16-8-4-9-17-34/h4-23,30,38,40-45,47H,24-29,31-33H2,1-3H3/t38?,40-,42?,43-,44+,45-,47?/m1/s1. The third-order valence-corrected chi connectivity index (χ3v) is 10.6. The van der Waals surface area contributed by atoms with Crippen molar-refractivity contribution in [1.29, 1.82) is 0 Å². The molecule has 2 fully saturated rings. The highest BCUT2D eigenvalue weighted by Crippen LogP contribution is 2.37. The van der Waals surface area contributed by atoms with Gasteiger partial charge in [0.05, 0.1) is 65.2 Å². The minimum atomic E-state index is -0.997. The third kappa shape index (κ3) is 12.3. The molecule has 3 heterocycles. The number of esters is 1. The zero-order valence-electron chi connectivity index (χ0n) is 34.1. The third-order valence-electron chi connectivity index (χ3n) is 10.6. The number of ether oxygens (including phenoxy) is 10. The van der Waals surface area contributed by atoms with Gasteiger partial charge in [-0.2, -0.15) is 0 Å². The summed E-state index contributed by atoms with van der Waals surface area (Å²) >= 11 is 0. The fraction of sp³-hybridized carbons (Fsp3) is 0.438. The van der Waals surface area contributed by atoms with E-state index in [1.165, 1.54) is 13.4 Å². The highest BCUT2D eigenvalue weighted by Gasteiger charge is 2.50. The number of rotatable bonds is 18. The molecule has 59 heavy (non-hydrogen) atoms. The molecule has 3 aliphatic rings. The van der Waals surface area contributed by atoms with Gasteiger partial charge in [0.1, 0.15) is 24.4 Å². The first-order valence-electron chi connectivity index (χ1n) is 20.4. The van der Waals surface area contributed by atoms with Gasteiger partial charge in [-0.1, -0.05) is 135 Å². The van der Waals surface area contributed by atoms with Gasteiger partial charge in [0.2, 0.25) is 6.29 Å². The fourth-order valence-corrected chi connectivity index (χ4v) is 7.41. The highest BCUT2D eigenvalue weighted by atomic mass is 16.8. The molecule has 11 nitrogen and oxygen atoms in total. The molecule has 0 saturated carbocycles. The lowest BCUT2D eigenvalue weighted by Crippen LogP contribution is -2.62. The predicted octanol–water partition coefficient (Wildman–Crippen LogP) is 7.91. The smallest absolute Gasteiger partial charge is 0.337 e. The monoisotopic (exact) mass is 808 g/mol. The van der Waals surface area contributed by atoms with E-state index in [9.17, 15) is 4.79 Å². The van der Waals surface area contributed by atoms with Gasteiger partial charge >= 0.3 is 5.97 Å². The molecule has 0 bridgehead atoms. The molecule has 4 aromatic rings. The molecule has 0 aliphatic carbocycles. The average molecular weight is 809 g/mol. The van der Waals surface area contributed by atoms with Crippen LogP contribution in [-0.4, -0.2) is 76.2 Å². The van der Waals surface area contributed by atoms with Gasteiger partial charge in [-0.05, 0) is 22.3 Å². The Balaban J connectivity index is 1.18. The van der Waals surface area contributed by atoms with Crippen molar-refractivity contribution in [2.45, 2.75) is 96.4 Å². The predicted molar refractivity (Wildman–Crippen MR) is 218 cm³/mol. The van der Waals surface area contributed by atoms with E-state index in [2.05, 4.69) is 13.8 Å². The average Bonchev–Trinajstić information content (AvgIpc) is 3.27. The Hall–Kier alpha value is -4.43. The van der Waals surface area contributed by atoms with Gasteiger partial charge < -0.3 is 47.4 Å². The Bertz CT molecular complexity index is 1860. The SMILES string of the molecule is COC(=O)C1=COC(OC2O[C@H](COCc3ccccc3)[C@@H](OCc3ccccc3)[C@H](OCc3ccccc3)[C@H]2OCc2ccccc2)CC1CC1OCC(C)(C)CO1. The van der Waals surface area contributed by atoms with Crippen LogP contribution in [0.4, 0.5) is 0 Å². The van der Waals surface area contributed by atoms with Crippen LogP contribution in [0.3, 0.4) is 0 Å². The minimum Gasteiger partial charge on any atom is -0.472 e. The van der Waals surface area contributed by atoms with Crippen LogP contribution < -0.4 is 0 Å². The van der Waals surface area contributed by atoms with Crippen LogP contribution in [0.25, 0.3) is 0 Å². The zero-order chi connectivity index (χ0) is 40.9. The lowest BCUT2D eigenvalue weighted by atomic mass is 9.90. The van der Waals surface area contributed by atoms with Crippen molar-refractivity contribution in [2.75, 3.05) is 26.9 Å². The quantitative estimate of drug-likeness (QED) is 0.0916. The number of hydrogen-bond donors (Lipinski definition) is 0. The van der Waals surface area contributed by atoms with Gasteiger partial charge in [0.15, 0.2) is 12.6 Å². The lowest BCUT2D eigenvalue weighted by molar-refractivity contribution is -0.354. The van der Waals surface area contributed by atoms with E-state index in [1.807, 2.05) is 121 Å². The van der Waals surface area contributed by atoms with E-state index in [0.717, 1.165) is 22.3 Å². The topological polar surface area (TPSA) is 109 Å². The van der Waals surface area contributed by atoms with E-state index < -0.39 is 49.3 Å². The van der Waals surface area contributed by atoms with Crippen LogP contribution in [-0.2, 0) is 78.6 Å². The second kappa shape index (κ2) is 21.2. The summed E-state index contributed by atoms with van der Waals surface area (Å²) in [7, 11) is 1.36. The maximum absolute atomic E-state index is 13.0. The second-order valence-corrected chi connectivity index (χ2v) is 16.0. The number of methoxy groups -OCH3 is 1. The van der Waals surface area contributed by atoms with Crippen molar-refractivity contribution in [3.63, 3.8) is 0 Å². The molecule has 0 N–H and O–H groups in total. The summed E-state index contributed by atoms with van der Waals surface area (Å²) in [4.78, 5) is 13.0. The van der Waals surface area contributed by atoms with Crippen LogP contribution in [0.15, 0.2) is 133 Å². The molecule has 0 spiro atoms. The van der Waals surface area contributed by atoms with Crippen LogP contribution in [0, 0.1) is 11.3 Å².